The minimum absolute atomic E-state index is 0.0231. The fourth-order valence-corrected chi connectivity index (χ4v) is 4.35. The third kappa shape index (κ3) is 2.72. The Morgan fingerprint density at radius 3 is 2.57 bits per heavy atom. The predicted molar refractivity (Wildman–Crippen MR) is 80.9 cm³/mol. The molecule has 0 aromatic heterocycles. The molecule has 21 heavy (non-hydrogen) atoms. The van der Waals surface area contributed by atoms with Gasteiger partial charge in [0.05, 0.1) is 19.7 Å². The first-order chi connectivity index (χ1) is 10.2. The first kappa shape index (κ1) is 14.0. The number of likely N-dealkylation sites (tertiary alicyclic amines) is 2. The normalized spacial score (nSPS) is 38.5. The van der Waals surface area contributed by atoms with E-state index in [2.05, 4.69) is 11.8 Å². The number of hydrogen-bond acceptors (Lipinski definition) is 3. The molecule has 1 spiro atoms. The summed E-state index contributed by atoms with van der Waals surface area (Å²) in [5, 5.41) is 0. The molecule has 118 valence electrons. The summed E-state index contributed by atoms with van der Waals surface area (Å²) >= 11 is 0. The zero-order valence-corrected chi connectivity index (χ0v) is 13.2. The Hall–Kier alpha value is -0.610. The lowest BCUT2D eigenvalue weighted by Crippen LogP contribution is -2.66. The highest BCUT2D eigenvalue weighted by Crippen LogP contribution is 2.43. The summed E-state index contributed by atoms with van der Waals surface area (Å²) in [6.07, 6.45) is 6.26. The van der Waals surface area contributed by atoms with Crippen LogP contribution >= 0.6 is 0 Å². The Kier molecular flexibility index (Phi) is 3.49. The average molecular weight is 292 g/mol. The van der Waals surface area contributed by atoms with Crippen LogP contribution in [-0.2, 0) is 9.53 Å². The maximum absolute atomic E-state index is 12.2. The van der Waals surface area contributed by atoms with Crippen molar-refractivity contribution < 1.29 is 9.53 Å². The predicted octanol–water partition coefficient (Wildman–Crippen LogP) is 1.75. The summed E-state index contributed by atoms with van der Waals surface area (Å²) in [7, 11) is 0. The number of rotatable bonds is 3. The van der Waals surface area contributed by atoms with Gasteiger partial charge in [0.25, 0.3) is 0 Å². The maximum Gasteiger partial charge on any atom is 0.226 e. The molecular weight excluding hydrogens is 264 g/mol. The number of hydrogen-bond donors (Lipinski definition) is 0. The zero-order valence-electron chi connectivity index (χ0n) is 13.2. The van der Waals surface area contributed by atoms with Gasteiger partial charge in [-0.05, 0) is 57.0 Å². The van der Waals surface area contributed by atoms with E-state index in [4.69, 9.17) is 4.74 Å². The molecule has 0 radical (unpaired) electrons. The van der Waals surface area contributed by atoms with Gasteiger partial charge in [-0.25, -0.2) is 0 Å². The van der Waals surface area contributed by atoms with Crippen molar-refractivity contribution in [3.8, 4) is 0 Å². The molecule has 0 aromatic rings. The number of amides is 1. The third-order valence-electron chi connectivity index (χ3n) is 6.04. The van der Waals surface area contributed by atoms with Gasteiger partial charge in [-0.15, -0.1) is 0 Å². The fraction of sp³-hybridized carbons (Fsp3) is 0.941. The molecule has 0 unspecified atom stereocenters. The van der Waals surface area contributed by atoms with Crippen molar-refractivity contribution in [3.63, 3.8) is 0 Å². The Morgan fingerprint density at radius 1 is 1.29 bits per heavy atom. The molecule has 1 saturated carbocycles. The van der Waals surface area contributed by atoms with E-state index in [9.17, 15) is 4.79 Å². The summed E-state index contributed by atoms with van der Waals surface area (Å²) in [4.78, 5) is 16.8. The second kappa shape index (κ2) is 5.24. The molecule has 4 rings (SSSR count). The second-order valence-electron chi connectivity index (χ2n) is 7.92. The van der Waals surface area contributed by atoms with Gasteiger partial charge in [-0.1, -0.05) is 6.92 Å². The van der Waals surface area contributed by atoms with E-state index in [0.29, 0.717) is 23.7 Å². The minimum Gasteiger partial charge on any atom is -0.371 e. The van der Waals surface area contributed by atoms with E-state index >= 15 is 0 Å². The molecule has 0 N–H and O–H groups in total. The largest absolute Gasteiger partial charge is 0.371 e. The first-order valence-electron chi connectivity index (χ1n) is 8.80. The quantitative estimate of drug-likeness (QED) is 0.794. The van der Waals surface area contributed by atoms with Crippen LogP contribution in [0.4, 0.5) is 0 Å². The zero-order chi connectivity index (χ0) is 14.4. The highest BCUT2D eigenvalue weighted by Gasteiger charge is 2.52. The molecule has 3 saturated heterocycles. The van der Waals surface area contributed by atoms with Crippen LogP contribution in [0.15, 0.2) is 0 Å². The van der Waals surface area contributed by atoms with Crippen LogP contribution in [0.2, 0.25) is 0 Å². The van der Waals surface area contributed by atoms with Gasteiger partial charge in [0, 0.05) is 12.5 Å². The summed E-state index contributed by atoms with van der Waals surface area (Å²) in [6.45, 7) is 8.57. The molecular formula is C17H28N2O2. The van der Waals surface area contributed by atoms with Crippen LogP contribution in [0.1, 0.15) is 39.0 Å². The Labute approximate surface area is 127 Å². The lowest BCUT2D eigenvalue weighted by atomic mass is 9.82. The molecule has 4 fully saturated rings. The number of ether oxygens (including phenoxy) is 1. The van der Waals surface area contributed by atoms with Crippen molar-refractivity contribution in [2.45, 2.75) is 44.6 Å². The van der Waals surface area contributed by atoms with Crippen LogP contribution in [0.5, 0.6) is 0 Å². The van der Waals surface area contributed by atoms with Crippen LogP contribution in [0.25, 0.3) is 0 Å². The lowest BCUT2D eigenvalue weighted by Gasteiger charge is -2.53. The smallest absolute Gasteiger partial charge is 0.226 e. The van der Waals surface area contributed by atoms with Gasteiger partial charge in [0.2, 0.25) is 5.91 Å². The number of carbonyl (C=O) groups excluding carboxylic acids is 1. The molecule has 0 aromatic carbocycles. The van der Waals surface area contributed by atoms with Crippen LogP contribution in [-0.4, -0.2) is 60.6 Å². The summed E-state index contributed by atoms with van der Waals surface area (Å²) in [6, 6.07) is 0. The SMILES string of the molecule is C[C@@H]1C[C@@H]1C(=O)N1CC2(CC[C@H](CN3CCCC3)CO2)C1. The van der Waals surface area contributed by atoms with Crippen molar-refractivity contribution in [2.75, 3.05) is 39.3 Å². The molecule has 4 aliphatic rings. The van der Waals surface area contributed by atoms with E-state index < -0.39 is 0 Å². The summed E-state index contributed by atoms with van der Waals surface area (Å²) in [5.41, 5.74) is 0.0231. The molecule has 1 aliphatic carbocycles. The van der Waals surface area contributed by atoms with Gasteiger partial charge in [0.15, 0.2) is 0 Å². The minimum atomic E-state index is 0.0231. The third-order valence-corrected chi connectivity index (χ3v) is 6.04. The van der Waals surface area contributed by atoms with E-state index in [0.717, 1.165) is 32.5 Å². The Balaban J connectivity index is 1.22. The molecule has 4 heteroatoms. The van der Waals surface area contributed by atoms with Crippen LogP contribution < -0.4 is 0 Å². The van der Waals surface area contributed by atoms with Gasteiger partial charge >= 0.3 is 0 Å². The summed E-state index contributed by atoms with van der Waals surface area (Å²) < 4.78 is 6.21. The van der Waals surface area contributed by atoms with Crippen molar-refractivity contribution in [2.24, 2.45) is 17.8 Å². The Morgan fingerprint density at radius 2 is 2.00 bits per heavy atom. The fourth-order valence-electron chi connectivity index (χ4n) is 4.35. The van der Waals surface area contributed by atoms with Crippen molar-refractivity contribution in [1.29, 1.82) is 0 Å². The number of nitrogens with zero attached hydrogens (tertiary/aromatic N) is 2. The molecule has 4 nitrogen and oxygen atoms in total. The van der Waals surface area contributed by atoms with Crippen LogP contribution in [0, 0.1) is 17.8 Å². The topological polar surface area (TPSA) is 32.8 Å². The highest BCUT2D eigenvalue weighted by atomic mass is 16.5. The molecule has 3 heterocycles. The lowest BCUT2D eigenvalue weighted by molar-refractivity contribution is -0.190. The van der Waals surface area contributed by atoms with E-state index in [1.165, 1.54) is 38.9 Å². The standard InChI is InChI=1S/C17H28N2O2/c1-13-8-15(13)16(20)19-11-17(12-19)5-4-14(10-21-17)9-18-6-2-3-7-18/h13-15H,2-12H2,1H3/t13-,14-,15+/m1/s1. The van der Waals surface area contributed by atoms with E-state index in [1.54, 1.807) is 0 Å². The second-order valence-corrected chi connectivity index (χ2v) is 7.92. The maximum atomic E-state index is 12.2. The number of carbonyl (C=O) groups is 1. The van der Waals surface area contributed by atoms with Gasteiger partial charge in [-0.2, -0.15) is 0 Å². The average Bonchev–Trinajstić information content (AvgIpc) is 2.96. The van der Waals surface area contributed by atoms with Gasteiger partial charge in [0.1, 0.15) is 5.60 Å². The van der Waals surface area contributed by atoms with Crippen molar-refractivity contribution >= 4 is 5.91 Å². The highest BCUT2D eigenvalue weighted by molar-refractivity contribution is 5.82. The van der Waals surface area contributed by atoms with Crippen molar-refractivity contribution in [1.82, 2.24) is 9.80 Å². The Bertz CT molecular complexity index is 403. The van der Waals surface area contributed by atoms with Crippen molar-refractivity contribution in [3.05, 3.63) is 0 Å². The molecule has 3 atom stereocenters. The van der Waals surface area contributed by atoms with E-state index in [1.807, 2.05) is 4.90 Å². The first-order valence-corrected chi connectivity index (χ1v) is 8.80. The molecule has 3 aliphatic heterocycles. The summed E-state index contributed by atoms with van der Waals surface area (Å²) in [5.74, 6) is 2.04. The molecule has 0 bridgehead atoms. The van der Waals surface area contributed by atoms with Crippen LogP contribution in [0.3, 0.4) is 0 Å². The monoisotopic (exact) mass is 292 g/mol. The van der Waals surface area contributed by atoms with Gasteiger partial charge < -0.3 is 14.5 Å². The molecule has 1 amide bonds. The van der Waals surface area contributed by atoms with Gasteiger partial charge in [-0.3, -0.25) is 4.79 Å². The van der Waals surface area contributed by atoms with E-state index in [-0.39, 0.29) is 5.60 Å².